The third-order valence-electron chi connectivity index (χ3n) is 6.19. The van der Waals surface area contributed by atoms with E-state index in [4.69, 9.17) is 0 Å². The SMILES string of the molecule is O=C(NCCCn1cnc2ccccc21)c1ccc(C(=O)NCCCn2cnc3ccccc32)cc1. The summed E-state index contributed by atoms with van der Waals surface area (Å²) >= 11 is 0. The summed E-state index contributed by atoms with van der Waals surface area (Å²) in [6.07, 6.45) is 5.24. The van der Waals surface area contributed by atoms with Gasteiger partial charge in [-0.15, -0.1) is 0 Å². The van der Waals surface area contributed by atoms with Crippen LogP contribution in [0, 0.1) is 0 Å². The van der Waals surface area contributed by atoms with Crippen LogP contribution >= 0.6 is 0 Å². The van der Waals surface area contributed by atoms with E-state index in [1.54, 1.807) is 24.3 Å². The van der Waals surface area contributed by atoms with Gasteiger partial charge in [-0.3, -0.25) is 9.59 Å². The first-order valence-corrected chi connectivity index (χ1v) is 12.2. The fourth-order valence-corrected chi connectivity index (χ4v) is 4.26. The summed E-state index contributed by atoms with van der Waals surface area (Å²) in [6.45, 7) is 2.66. The maximum Gasteiger partial charge on any atom is 0.251 e. The van der Waals surface area contributed by atoms with E-state index < -0.39 is 0 Å². The minimum Gasteiger partial charge on any atom is -0.352 e. The molecule has 2 N–H and O–H groups in total. The Hall–Kier alpha value is -4.46. The van der Waals surface area contributed by atoms with Crippen molar-refractivity contribution in [1.82, 2.24) is 29.7 Å². The van der Waals surface area contributed by atoms with Gasteiger partial charge in [0.25, 0.3) is 11.8 Å². The molecule has 2 aromatic heterocycles. The zero-order chi connectivity index (χ0) is 24.7. The van der Waals surface area contributed by atoms with Crippen LogP contribution in [-0.2, 0) is 13.1 Å². The van der Waals surface area contributed by atoms with Crippen molar-refractivity contribution in [2.75, 3.05) is 13.1 Å². The number of carbonyl (C=O) groups excluding carboxylic acids is 2. The lowest BCUT2D eigenvalue weighted by atomic mass is 10.1. The van der Waals surface area contributed by atoms with Gasteiger partial charge >= 0.3 is 0 Å². The molecule has 2 heterocycles. The Morgan fingerprint density at radius 1 is 0.611 bits per heavy atom. The van der Waals surface area contributed by atoms with Crippen molar-refractivity contribution in [3.8, 4) is 0 Å². The van der Waals surface area contributed by atoms with Crippen LogP contribution in [0.15, 0.2) is 85.5 Å². The molecule has 5 aromatic rings. The highest BCUT2D eigenvalue weighted by Gasteiger charge is 2.09. The Morgan fingerprint density at radius 2 is 1.03 bits per heavy atom. The van der Waals surface area contributed by atoms with Crippen molar-refractivity contribution in [2.24, 2.45) is 0 Å². The molecule has 5 rings (SSSR count). The Morgan fingerprint density at radius 3 is 1.47 bits per heavy atom. The molecule has 0 radical (unpaired) electrons. The molecule has 0 saturated carbocycles. The van der Waals surface area contributed by atoms with E-state index in [9.17, 15) is 9.59 Å². The van der Waals surface area contributed by atoms with Crippen LogP contribution in [0.2, 0.25) is 0 Å². The number of para-hydroxylation sites is 4. The van der Waals surface area contributed by atoms with E-state index in [1.165, 1.54) is 0 Å². The summed E-state index contributed by atoms with van der Waals surface area (Å²) in [5, 5.41) is 5.89. The number of carbonyl (C=O) groups is 2. The number of aryl methyl sites for hydroxylation is 2. The van der Waals surface area contributed by atoms with Crippen LogP contribution in [0.3, 0.4) is 0 Å². The largest absolute Gasteiger partial charge is 0.352 e. The van der Waals surface area contributed by atoms with Gasteiger partial charge in [0.2, 0.25) is 0 Å². The van der Waals surface area contributed by atoms with Crippen LogP contribution < -0.4 is 10.6 Å². The second-order valence-electron chi connectivity index (χ2n) is 8.65. The highest BCUT2D eigenvalue weighted by Crippen LogP contribution is 2.13. The second-order valence-corrected chi connectivity index (χ2v) is 8.65. The van der Waals surface area contributed by atoms with Crippen LogP contribution in [0.25, 0.3) is 22.1 Å². The average Bonchev–Trinajstić information content (AvgIpc) is 3.53. The van der Waals surface area contributed by atoms with Gasteiger partial charge in [0.1, 0.15) is 0 Å². The molecule has 0 aliphatic rings. The van der Waals surface area contributed by atoms with Gasteiger partial charge in [-0.25, -0.2) is 9.97 Å². The predicted molar refractivity (Wildman–Crippen MR) is 140 cm³/mol. The first-order chi connectivity index (χ1) is 17.7. The molecule has 0 atom stereocenters. The molecule has 0 aliphatic heterocycles. The molecule has 182 valence electrons. The molecular formula is C28H28N6O2. The number of fused-ring (bicyclic) bond motifs is 2. The lowest BCUT2D eigenvalue weighted by Crippen LogP contribution is -2.26. The first kappa shape index (κ1) is 23.3. The molecule has 0 aliphatic carbocycles. The highest BCUT2D eigenvalue weighted by molar-refractivity contribution is 5.97. The van der Waals surface area contributed by atoms with Crippen molar-refractivity contribution in [3.05, 3.63) is 96.6 Å². The molecule has 0 saturated heterocycles. The number of benzene rings is 3. The third-order valence-corrected chi connectivity index (χ3v) is 6.19. The second kappa shape index (κ2) is 10.9. The van der Waals surface area contributed by atoms with Crippen LogP contribution in [-0.4, -0.2) is 44.0 Å². The number of rotatable bonds is 10. The topological polar surface area (TPSA) is 93.8 Å². The third kappa shape index (κ3) is 5.27. The number of aromatic nitrogens is 4. The summed E-state index contributed by atoms with van der Waals surface area (Å²) < 4.78 is 4.18. The summed E-state index contributed by atoms with van der Waals surface area (Å²) in [7, 11) is 0. The average molecular weight is 481 g/mol. The van der Waals surface area contributed by atoms with E-state index >= 15 is 0 Å². The van der Waals surface area contributed by atoms with Gasteiger partial charge in [0, 0.05) is 37.3 Å². The fourth-order valence-electron chi connectivity index (χ4n) is 4.26. The Bertz CT molecular complexity index is 1370. The number of nitrogens with zero attached hydrogens (tertiary/aromatic N) is 4. The van der Waals surface area contributed by atoms with Crippen molar-refractivity contribution >= 4 is 33.9 Å². The Kier molecular flexibility index (Phi) is 7.02. The molecule has 8 nitrogen and oxygen atoms in total. The Labute approximate surface area is 209 Å². The lowest BCUT2D eigenvalue weighted by Gasteiger charge is -2.09. The molecule has 0 fully saturated rings. The molecule has 3 aromatic carbocycles. The number of amides is 2. The molecule has 0 spiro atoms. The standard InChI is InChI=1S/C28H28N6O2/c35-27(29-15-5-17-33-19-31-23-7-1-3-9-25(23)33)21-11-13-22(14-12-21)28(36)30-16-6-18-34-20-32-24-8-2-4-10-26(24)34/h1-4,7-14,19-20H,5-6,15-18H2,(H,29,35)(H,30,36). The maximum absolute atomic E-state index is 12.5. The molecular weight excluding hydrogens is 452 g/mol. The van der Waals surface area contributed by atoms with Gasteiger partial charge in [0.15, 0.2) is 0 Å². The molecule has 36 heavy (non-hydrogen) atoms. The van der Waals surface area contributed by atoms with Crippen LogP contribution in [0.1, 0.15) is 33.6 Å². The number of nitrogens with one attached hydrogen (secondary N) is 2. The monoisotopic (exact) mass is 480 g/mol. The zero-order valence-corrected chi connectivity index (χ0v) is 19.9. The first-order valence-electron chi connectivity index (χ1n) is 12.2. The smallest absolute Gasteiger partial charge is 0.251 e. The number of hydrogen-bond donors (Lipinski definition) is 2. The quantitative estimate of drug-likeness (QED) is 0.295. The van der Waals surface area contributed by atoms with Gasteiger partial charge in [0.05, 0.1) is 34.7 Å². The van der Waals surface area contributed by atoms with Crippen LogP contribution in [0.5, 0.6) is 0 Å². The van der Waals surface area contributed by atoms with Gasteiger partial charge < -0.3 is 19.8 Å². The van der Waals surface area contributed by atoms with Gasteiger partial charge in [-0.1, -0.05) is 24.3 Å². The molecule has 8 heteroatoms. The van der Waals surface area contributed by atoms with E-state index in [0.717, 1.165) is 48.0 Å². The normalized spacial score (nSPS) is 11.1. The van der Waals surface area contributed by atoms with E-state index in [-0.39, 0.29) is 11.8 Å². The number of hydrogen-bond acceptors (Lipinski definition) is 4. The predicted octanol–water partition coefficient (Wildman–Crippen LogP) is 4.03. The highest BCUT2D eigenvalue weighted by atomic mass is 16.2. The van der Waals surface area contributed by atoms with E-state index in [2.05, 4.69) is 29.7 Å². The summed E-state index contributed by atoms with van der Waals surface area (Å²) in [5.41, 5.74) is 5.19. The van der Waals surface area contributed by atoms with Crippen molar-refractivity contribution in [3.63, 3.8) is 0 Å². The summed E-state index contributed by atoms with van der Waals surface area (Å²) in [6, 6.07) is 22.7. The van der Waals surface area contributed by atoms with Crippen LogP contribution in [0.4, 0.5) is 0 Å². The van der Waals surface area contributed by atoms with Gasteiger partial charge in [-0.05, 0) is 61.4 Å². The minimum atomic E-state index is -0.148. The number of imidazole rings is 2. The Balaban J connectivity index is 1.04. The summed E-state index contributed by atoms with van der Waals surface area (Å²) in [5.74, 6) is -0.296. The molecule has 0 unspecified atom stereocenters. The van der Waals surface area contributed by atoms with E-state index in [0.29, 0.717) is 24.2 Å². The maximum atomic E-state index is 12.5. The fraction of sp³-hybridized carbons (Fsp3) is 0.214. The zero-order valence-electron chi connectivity index (χ0n) is 19.9. The van der Waals surface area contributed by atoms with Crippen molar-refractivity contribution in [2.45, 2.75) is 25.9 Å². The van der Waals surface area contributed by atoms with Gasteiger partial charge in [-0.2, -0.15) is 0 Å². The van der Waals surface area contributed by atoms with E-state index in [1.807, 2.05) is 61.2 Å². The lowest BCUT2D eigenvalue weighted by molar-refractivity contribution is 0.0941. The molecule has 2 amide bonds. The van der Waals surface area contributed by atoms with Crippen molar-refractivity contribution < 1.29 is 9.59 Å². The molecule has 0 bridgehead atoms. The van der Waals surface area contributed by atoms with Crippen molar-refractivity contribution in [1.29, 1.82) is 0 Å². The summed E-state index contributed by atoms with van der Waals surface area (Å²) in [4.78, 5) is 33.7. The minimum absolute atomic E-state index is 0.148.